The van der Waals surface area contributed by atoms with Crippen molar-refractivity contribution in [2.24, 2.45) is 11.3 Å². The highest BCUT2D eigenvalue weighted by molar-refractivity contribution is 7.09. The molecule has 4 rings (SSSR count). The van der Waals surface area contributed by atoms with Crippen LogP contribution in [0.4, 0.5) is 0 Å². The van der Waals surface area contributed by atoms with Gasteiger partial charge in [-0.1, -0.05) is 36.4 Å². The van der Waals surface area contributed by atoms with E-state index in [0.717, 1.165) is 32.4 Å². The van der Waals surface area contributed by atoms with Crippen molar-refractivity contribution in [2.75, 3.05) is 13.1 Å². The first kappa shape index (κ1) is 17.3. The lowest BCUT2D eigenvalue weighted by Crippen LogP contribution is -2.31. The number of carbonyl (C=O) groups excluding carboxylic acids is 2. The Morgan fingerprint density at radius 2 is 2.04 bits per heavy atom. The average molecular weight is 369 g/mol. The molecule has 2 fully saturated rings. The minimum Gasteiger partial charge on any atom is -0.351 e. The monoisotopic (exact) mass is 368 g/mol. The van der Waals surface area contributed by atoms with Gasteiger partial charge in [0.2, 0.25) is 11.8 Å². The quantitative estimate of drug-likeness (QED) is 0.851. The Bertz CT molecular complexity index is 775. The molecule has 1 spiro atoms. The van der Waals surface area contributed by atoms with Crippen molar-refractivity contribution in [1.29, 1.82) is 0 Å². The number of hydrogen-bond donors (Lipinski definition) is 1. The normalized spacial score (nSPS) is 24.0. The Morgan fingerprint density at radius 3 is 2.81 bits per heavy atom. The molecule has 1 aliphatic carbocycles. The Hall–Kier alpha value is -2.14. The number of hydrogen-bond acceptors (Lipinski definition) is 3. The SMILES string of the molecule is O=C(NCc1cccs1)[C@@H]1C[C@@]12CCN(C(=O)CCc1ccccc1)C2. The summed E-state index contributed by atoms with van der Waals surface area (Å²) >= 11 is 1.66. The highest BCUT2D eigenvalue weighted by Gasteiger charge is 2.61. The Kier molecular flexibility index (Phi) is 4.81. The molecule has 4 nitrogen and oxygen atoms in total. The van der Waals surface area contributed by atoms with E-state index in [4.69, 9.17) is 0 Å². The number of rotatable bonds is 6. The first-order valence-electron chi connectivity index (χ1n) is 9.28. The van der Waals surface area contributed by atoms with Gasteiger partial charge < -0.3 is 10.2 Å². The molecule has 2 aliphatic rings. The second-order valence-electron chi connectivity index (χ2n) is 7.47. The lowest BCUT2D eigenvalue weighted by Gasteiger charge is -2.17. The molecule has 0 radical (unpaired) electrons. The van der Waals surface area contributed by atoms with Crippen LogP contribution in [0.5, 0.6) is 0 Å². The van der Waals surface area contributed by atoms with E-state index >= 15 is 0 Å². The van der Waals surface area contributed by atoms with E-state index < -0.39 is 0 Å². The topological polar surface area (TPSA) is 49.4 Å². The van der Waals surface area contributed by atoms with Gasteiger partial charge in [-0.15, -0.1) is 11.3 Å². The average Bonchev–Trinajstić information content (AvgIpc) is 3.02. The first-order chi connectivity index (χ1) is 12.7. The molecule has 5 heteroatoms. The molecule has 1 aromatic heterocycles. The fourth-order valence-corrected chi connectivity index (χ4v) is 4.69. The third-order valence-electron chi connectivity index (χ3n) is 5.73. The number of aryl methyl sites for hydroxylation is 1. The van der Waals surface area contributed by atoms with E-state index in [1.54, 1.807) is 11.3 Å². The van der Waals surface area contributed by atoms with Crippen LogP contribution in [0.15, 0.2) is 47.8 Å². The van der Waals surface area contributed by atoms with Crippen LogP contribution in [0.1, 0.15) is 29.7 Å². The van der Waals surface area contributed by atoms with Crippen LogP contribution < -0.4 is 5.32 Å². The van der Waals surface area contributed by atoms with Crippen molar-refractivity contribution in [3.05, 3.63) is 58.3 Å². The maximum atomic E-state index is 12.5. The van der Waals surface area contributed by atoms with Gasteiger partial charge in [-0.05, 0) is 36.3 Å². The van der Waals surface area contributed by atoms with Crippen LogP contribution in [0, 0.1) is 11.3 Å². The van der Waals surface area contributed by atoms with Crippen LogP contribution in [-0.2, 0) is 22.6 Å². The zero-order valence-electron chi connectivity index (χ0n) is 14.8. The Labute approximate surface area is 158 Å². The van der Waals surface area contributed by atoms with Crippen LogP contribution in [0.2, 0.25) is 0 Å². The van der Waals surface area contributed by atoms with Crippen LogP contribution >= 0.6 is 11.3 Å². The molecule has 0 bridgehead atoms. The van der Waals surface area contributed by atoms with Crippen LogP contribution in [0.3, 0.4) is 0 Å². The lowest BCUT2D eigenvalue weighted by atomic mass is 10.0. The molecule has 1 aromatic carbocycles. The van der Waals surface area contributed by atoms with Gasteiger partial charge in [0.25, 0.3) is 0 Å². The molecule has 1 saturated carbocycles. The summed E-state index contributed by atoms with van der Waals surface area (Å²) in [5.41, 5.74) is 1.24. The van der Waals surface area contributed by atoms with E-state index in [9.17, 15) is 9.59 Å². The van der Waals surface area contributed by atoms with E-state index in [1.807, 2.05) is 40.6 Å². The van der Waals surface area contributed by atoms with Gasteiger partial charge in [0.05, 0.1) is 6.54 Å². The second kappa shape index (κ2) is 7.23. The van der Waals surface area contributed by atoms with Gasteiger partial charge >= 0.3 is 0 Å². The smallest absolute Gasteiger partial charge is 0.224 e. The third-order valence-corrected chi connectivity index (χ3v) is 6.61. The summed E-state index contributed by atoms with van der Waals surface area (Å²) in [6.07, 6.45) is 3.22. The molecule has 1 N–H and O–H groups in total. The second-order valence-corrected chi connectivity index (χ2v) is 8.50. The van der Waals surface area contributed by atoms with Crippen LogP contribution in [0.25, 0.3) is 0 Å². The molecule has 2 atom stereocenters. The van der Waals surface area contributed by atoms with Crippen molar-refractivity contribution in [2.45, 2.75) is 32.2 Å². The van der Waals surface area contributed by atoms with E-state index in [1.165, 1.54) is 10.4 Å². The van der Waals surface area contributed by atoms with Gasteiger partial charge in [-0.25, -0.2) is 0 Å². The van der Waals surface area contributed by atoms with Crippen molar-refractivity contribution in [3.63, 3.8) is 0 Å². The maximum Gasteiger partial charge on any atom is 0.224 e. The first-order valence-corrected chi connectivity index (χ1v) is 10.2. The number of amides is 2. The fourth-order valence-electron chi connectivity index (χ4n) is 4.04. The van der Waals surface area contributed by atoms with Crippen molar-refractivity contribution in [1.82, 2.24) is 10.2 Å². The molecule has 26 heavy (non-hydrogen) atoms. The summed E-state index contributed by atoms with van der Waals surface area (Å²) in [5.74, 6) is 0.446. The Balaban J connectivity index is 1.24. The molecule has 0 unspecified atom stereocenters. The predicted molar refractivity (Wildman–Crippen MR) is 103 cm³/mol. The molecule has 1 aliphatic heterocycles. The summed E-state index contributed by atoms with van der Waals surface area (Å²) in [7, 11) is 0. The minimum absolute atomic E-state index is 0.0436. The minimum atomic E-state index is 0.0436. The fraction of sp³-hybridized carbons (Fsp3) is 0.429. The lowest BCUT2D eigenvalue weighted by molar-refractivity contribution is -0.130. The molecular formula is C21H24N2O2S. The summed E-state index contributed by atoms with van der Waals surface area (Å²) < 4.78 is 0. The van der Waals surface area contributed by atoms with Gasteiger partial charge in [0.1, 0.15) is 0 Å². The molecule has 2 heterocycles. The number of nitrogens with zero attached hydrogens (tertiary/aromatic N) is 1. The van der Waals surface area contributed by atoms with Crippen molar-refractivity contribution in [3.8, 4) is 0 Å². The van der Waals surface area contributed by atoms with Gasteiger partial charge in [0.15, 0.2) is 0 Å². The standard InChI is InChI=1S/C21H24N2O2S/c24-19(9-8-16-5-2-1-3-6-16)23-11-10-21(15-23)13-18(21)20(25)22-14-17-7-4-12-26-17/h1-7,12,18H,8-11,13-15H2,(H,22,25)/t18-,21+/m0/s1. The van der Waals surface area contributed by atoms with E-state index in [2.05, 4.69) is 17.4 Å². The van der Waals surface area contributed by atoms with Crippen molar-refractivity contribution >= 4 is 23.2 Å². The molecule has 136 valence electrons. The van der Waals surface area contributed by atoms with E-state index in [0.29, 0.717) is 13.0 Å². The molecule has 2 amide bonds. The zero-order valence-corrected chi connectivity index (χ0v) is 15.6. The largest absolute Gasteiger partial charge is 0.351 e. The van der Waals surface area contributed by atoms with Gasteiger partial charge in [0, 0.05) is 35.7 Å². The summed E-state index contributed by atoms with van der Waals surface area (Å²) in [6, 6.07) is 14.2. The number of thiophene rings is 1. The highest BCUT2D eigenvalue weighted by atomic mass is 32.1. The number of nitrogens with one attached hydrogen (secondary N) is 1. The highest BCUT2D eigenvalue weighted by Crippen LogP contribution is 2.58. The van der Waals surface area contributed by atoms with E-state index in [-0.39, 0.29) is 23.1 Å². The third kappa shape index (κ3) is 3.68. The number of carbonyl (C=O) groups is 2. The maximum absolute atomic E-state index is 12.5. The predicted octanol–water partition coefficient (Wildman–Crippen LogP) is 3.24. The Morgan fingerprint density at radius 1 is 1.19 bits per heavy atom. The van der Waals surface area contributed by atoms with Crippen LogP contribution in [-0.4, -0.2) is 29.8 Å². The number of benzene rings is 1. The van der Waals surface area contributed by atoms with Crippen molar-refractivity contribution < 1.29 is 9.59 Å². The van der Waals surface area contributed by atoms with Gasteiger partial charge in [-0.3, -0.25) is 9.59 Å². The summed E-state index contributed by atoms with van der Waals surface area (Å²) in [6.45, 7) is 2.16. The summed E-state index contributed by atoms with van der Waals surface area (Å²) in [4.78, 5) is 28.1. The van der Waals surface area contributed by atoms with Gasteiger partial charge in [-0.2, -0.15) is 0 Å². The molecular weight excluding hydrogens is 344 g/mol. The summed E-state index contributed by atoms with van der Waals surface area (Å²) in [5, 5.41) is 5.08. The molecule has 2 aromatic rings. The molecule has 1 saturated heterocycles. The number of likely N-dealkylation sites (tertiary alicyclic amines) is 1. The zero-order chi connectivity index (χ0) is 18.0.